The van der Waals surface area contributed by atoms with Gasteiger partial charge >= 0.3 is 0 Å². The summed E-state index contributed by atoms with van der Waals surface area (Å²) in [7, 11) is 0. The molecule has 2 rings (SSSR count). The fraction of sp³-hybridized carbons (Fsp3) is 0.571. The van der Waals surface area contributed by atoms with Crippen LogP contribution in [-0.2, 0) is 6.42 Å². The molecule has 1 aliphatic carbocycles. The van der Waals surface area contributed by atoms with Crippen molar-refractivity contribution in [1.82, 2.24) is 5.32 Å². The summed E-state index contributed by atoms with van der Waals surface area (Å²) in [6.45, 7) is 5.17. The molecule has 1 aromatic carbocycles. The average Bonchev–Trinajstić information content (AvgIpc) is 2.97. The number of halogens is 2. The van der Waals surface area contributed by atoms with E-state index in [0.717, 1.165) is 37.4 Å². The standard InChI is InChI=1S/C14H19F2N/c1-3-17-10(2)14(4-5-14)9-11-6-12(15)8-13(16)7-11/h6-8,10,17H,3-5,9H2,1-2H3. The van der Waals surface area contributed by atoms with E-state index in [9.17, 15) is 8.78 Å². The monoisotopic (exact) mass is 239 g/mol. The van der Waals surface area contributed by atoms with Gasteiger partial charge in [-0.05, 0) is 55.8 Å². The Morgan fingerprint density at radius 2 is 1.82 bits per heavy atom. The fourth-order valence-electron chi connectivity index (χ4n) is 2.57. The number of hydrogen-bond donors (Lipinski definition) is 1. The first kappa shape index (κ1) is 12.5. The predicted molar refractivity (Wildman–Crippen MR) is 64.9 cm³/mol. The Kier molecular flexibility index (Phi) is 3.48. The van der Waals surface area contributed by atoms with Gasteiger partial charge in [0.15, 0.2) is 0 Å². The molecule has 0 heterocycles. The van der Waals surface area contributed by atoms with Crippen LogP contribution in [0.25, 0.3) is 0 Å². The van der Waals surface area contributed by atoms with Gasteiger partial charge in [-0.1, -0.05) is 6.92 Å². The fourth-order valence-corrected chi connectivity index (χ4v) is 2.57. The lowest BCUT2D eigenvalue weighted by Crippen LogP contribution is -2.35. The first-order chi connectivity index (χ1) is 8.05. The Morgan fingerprint density at radius 1 is 1.24 bits per heavy atom. The molecule has 0 amide bonds. The van der Waals surface area contributed by atoms with E-state index in [-0.39, 0.29) is 5.41 Å². The quantitative estimate of drug-likeness (QED) is 0.831. The van der Waals surface area contributed by atoms with Crippen LogP contribution in [0.5, 0.6) is 0 Å². The maximum absolute atomic E-state index is 13.1. The van der Waals surface area contributed by atoms with Crippen LogP contribution in [0.3, 0.4) is 0 Å². The summed E-state index contributed by atoms with van der Waals surface area (Å²) in [6, 6.07) is 4.22. The third-order valence-electron chi connectivity index (χ3n) is 3.80. The molecule has 1 nitrogen and oxygen atoms in total. The smallest absolute Gasteiger partial charge is 0.126 e. The van der Waals surface area contributed by atoms with Crippen LogP contribution >= 0.6 is 0 Å². The van der Waals surface area contributed by atoms with Gasteiger partial charge in [0.1, 0.15) is 11.6 Å². The van der Waals surface area contributed by atoms with E-state index in [1.807, 2.05) is 0 Å². The Morgan fingerprint density at radius 3 is 2.29 bits per heavy atom. The van der Waals surface area contributed by atoms with E-state index in [1.165, 1.54) is 12.1 Å². The minimum absolute atomic E-state index is 0.205. The van der Waals surface area contributed by atoms with Crippen molar-refractivity contribution < 1.29 is 8.78 Å². The molecule has 0 spiro atoms. The Bertz CT molecular complexity index is 379. The van der Waals surface area contributed by atoms with E-state index < -0.39 is 11.6 Å². The van der Waals surface area contributed by atoms with Gasteiger partial charge in [-0.15, -0.1) is 0 Å². The van der Waals surface area contributed by atoms with Gasteiger partial charge in [0, 0.05) is 12.1 Å². The molecular formula is C14H19F2N. The lowest BCUT2D eigenvalue weighted by Gasteiger charge is -2.24. The second-order valence-electron chi connectivity index (χ2n) is 5.10. The van der Waals surface area contributed by atoms with Crippen molar-refractivity contribution in [3.05, 3.63) is 35.4 Å². The summed E-state index contributed by atoms with van der Waals surface area (Å²) in [5.41, 5.74) is 0.973. The van der Waals surface area contributed by atoms with Gasteiger partial charge in [-0.3, -0.25) is 0 Å². The number of nitrogens with one attached hydrogen (secondary N) is 1. The molecule has 94 valence electrons. The second-order valence-corrected chi connectivity index (χ2v) is 5.10. The molecule has 1 aromatic rings. The molecule has 0 aromatic heterocycles. The molecule has 3 heteroatoms. The zero-order valence-corrected chi connectivity index (χ0v) is 10.4. The maximum atomic E-state index is 13.1. The number of rotatable bonds is 5. The molecule has 1 atom stereocenters. The van der Waals surface area contributed by atoms with Crippen molar-refractivity contribution in [2.75, 3.05) is 6.54 Å². The van der Waals surface area contributed by atoms with Crippen molar-refractivity contribution >= 4 is 0 Å². The highest BCUT2D eigenvalue weighted by Gasteiger charge is 2.46. The van der Waals surface area contributed by atoms with Crippen molar-refractivity contribution in [2.45, 2.75) is 39.2 Å². The summed E-state index contributed by atoms with van der Waals surface area (Å²) < 4.78 is 26.2. The summed E-state index contributed by atoms with van der Waals surface area (Å²) in [5.74, 6) is -0.959. The highest BCUT2D eigenvalue weighted by atomic mass is 19.1. The molecule has 0 saturated heterocycles. The van der Waals surface area contributed by atoms with Gasteiger partial charge in [0.05, 0.1) is 0 Å². The molecule has 1 saturated carbocycles. The zero-order valence-electron chi connectivity index (χ0n) is 10.4. The number of benzene rings is 1. The first-order valence-corrected chi connectivity index (χ1v) is 6.24. The molecule has 0 aliphatic heterocycles. The van der Waals surface area contributed by atoms with E-state index in [2.05, 4.69) is 19.2 Å². The average molecular weight is 239 g/mol. The number of hydrogen-bond acceptors (Lipinski definition) is 1. The van der Waals surface area contributed by atoms with Gasteiger partial charge in [-0.2, -0.15) is 0 Å². The Balaban J connectivity index is 2.10. The second kappa shape index (κ2) is 4.73. The molecule has 17 heavy (non-hydrogen) atoms. The molecule has 1 aliphatic rings. The summed E-state index contributed by atoms with van der Waals surface area (Å²) in [5, 5.41) is 3.41. The summed E-state index contributed by atoms with van der Waals surface area (Å²) >= 11 is 0. The molecule has 1 N–H and O–H groups in total. The van der Waals surface area contributed by atoms with Crippen LogP contribution in [0.1, 0.15) is 32.3 Å². The Labute approximate surface area is 101 Å². The van der Waals surface area contributed by atoms with Crippen molar-refractivity contribution in [1.29, 1.82) is 0 Å². The van der Waals surface area contributed by atoms with E-state index >= 15 is 0 Å². The van der Waals surface area contributed by atoms with Crippen molar-refractivity contribution in [3.63, 3.8) is 0 Å². The summed E-state index contributed by atoms with van der Waals surface area (Å²) in [4.78, 5) is 0. The third kappa shape index (κ3) is 2.83. The lowest BCUT2D eigenvalue weighted by molar-refractivity contribution is 0.354. The van der Waals surface area contributed by atoms with Gasteiger partial charge in [0.2, 0.25) is 0 Å². The predicted octanol–water partition coefficient (Wildman–Crippen LogP) is 3.29. The minimum atomic E-state index is -0.480. The van der Waals surface area contributed by atoms with Gasteiger partial charge in [0.25, 0.3) is 0 Å². The maximum Gasteiger partial charge on any atom is 0.126 e. The first-order valence-electron chi connectivity index (χ1n) is 6.24. The van der Waals surface area contributed by atoms with E-state index in [4.69, 9.17) is 0 Å². The highest BCUT2D eigenvalue weighted by molar-refractivity contribution is 5.22. The molecule has 0 radical (unpaired) electrons. The van der Waals surface area contributed by atoms with Crippen molar-refractivity contribution in [2.24, 2.45) is 5.41 Å². The lowest BCUT2D eigenvalue weighted by atomic mass is 9.89. The van der Waals surface area contributed by atoms with Crippen molar-refractivity contribution in [3.8, 4) is 0 Å². The molecular weight excluding hydrogens is 220 g/mol. The topological polar surface area (TPSA) is 12.0 Å². The third-order valence-corrected chi connectivity index (χ3v) is 3.80. The SMILES string of the molecule is CCNC(C)C1(Cc2cc(F)cc(F)c2)CC1. The molecule has 1 unspecified atom stereocenters. The van der Waals surface area contributed by atoms with Crippen LogP contribution in [0.15, 0.2) is 18.2 Å². The normalized spacial score (nSPS) is 19.1. The van der Waals surface area contributed by atoms with Gasteiger partial charge in [-0.25, -0.2) is 8.78 Å². The van der Waals surface area contributed by atoms with Crippen LogP contribution in [0.2, 0.25) is 0 Å². The van der Waals surface area contributed by atoms with Crippen LogP contribution < -0.4 is 5.32 Å². The van der Waals surface area contributed by atoms with Crippen LogP contribution in [-0.4, -0.2) is 12.6 Å². The highest BCUT2D eigenvalue weighted by Crippen LogP contribution is 2.51. The molecule has 0 bridgehead atoms. The molecule has 1 fully saturated rings. The van der Waals surface area contributed by atoms with E-state index in [1.54, 1.807) is 0 Å². The van der Waals surface area contributed by atoms with Gasteiger partial charge < -0.3 is 5.32 Å². The van der Waals surface area contributed by atoms with Crippen LogP contribution in [0.4, 0.5) is 8.78 Å². The largest absolute Gasteiger partial charge is 0.314 e. The summed E-state index contributed by atoms with van der Waals surface area (Å²) in [6.07, 6.45) is 3.04. The minimum Gasteiger partial charge on any atom is -0.314 e. The Hall–Kier alpha value is -0.960. The van der Waals surface area contributed by atoms with Crippen LogP contribution in [0, 0.1) is 17.0 Å². The van der Waals surface area contributed by atoms with E-state index in [0.29, 0.717) is 6.04 Å². The zero-order chi connectivity index (χ0) is 12.5.